The molecule has 0 aliphatic heterocycles. The van der Waals surface area contributed by atoms with Gasteiger partial charge in [-0.2, -0.15) is 0 Å². The summed E-state index contributed by atoms with van der Waals surface area (Å²) in [5.41, 5.74) is 0. The summed E-state index contributed by atoms with van der Waals surface area (Å²) < 4.78 is 10.6. The largest absolute Gasteiger partial charge is 0.462 e. The average molecular weight is 797 g/mol. The van der Waals surface area contributed by atoms with Gasteiger partial charge in [0.05, 0.1) is 6.61 Å². The van der Waals surface area contributed by atoms with Crippen molar-refractivity contribution < 1.29 is 24.2 Å². The van der Waals surface area contributed by atoms with Crippen molar-refractivity contribution in [3.05, 3.63) is 60.8 Å². The molecule has 57 heavy (non-hydrogen) atoms. The molecule has 0 aliphatic rings. The van der Waals surface area contributed by atoms with Gasteiger partial charge in [0.15, 0.2) is 6.10 Å². The molecule has 0 saturated carbocycles. The van der Waals surface area contributed by atoms with Gasteiger partial charge in [-0.3, -0.25) is 9.59 Å². The molecule has 0 aromatic rings. The maximum atomic E-state index is 12.2. The van der Waals surface area contributed by atoms with Crippen LogP contribution in [0.3, 0.4) is 0 Å². The fraction of sp³-hybridized carbons (Fsp3) is 0.769. The number of hydrogen-bond donors (Lipinski definition) is 1. The van der Waals surface area contributed by atoms with Crippen molar-refractivity contribution in [3.8, 4) is 0 Å². The van der Waals surface area contributed by atoms with E-state index in [0.717, 1.165) is 64.2 Å². The highest BCUT2D eigenvalue weighted by atomic mass is 16.6. The molecule has 0 aliphatic carbocycles. The minimum atomic E-state index is -0.779. The molecular formula is C52H92O5. The second kappa shape index (κ2) is 48.0. The standard InChI is InChI=1S/C52H92O5/c1-3-5-7-9-11-13-15-17-19-20-21-22-23-24-25-26-27-28-29-30-31-32-33-35-37-39-41-43-45-47-52(55)57-50(48-53)49-56-51(54)46-44-42-40-38-36-34-18-16-14-12-10-8-6-4-2/h10,12,15-18,20-21,23-24,50,53H,3-9,11,13-14,19,22,25-49H2,1-2H3/b12-10-,17-15-,18-16-,21-20-,24-23-. The van der Waals surface area contributed by atoms with Crippen LogP contribution in [0.25, 0.3) is 0 Å². The number of hydrogen-bond acceptors (Lipinski definition) is 5. The third-order valence-electron chi connectivity index (χ3n) is 10.5. The molecule has 0 fully saturated rings. The first-order valence-corrected chi connectivity index (χ1v) is 24.3. The van der Waals surface area contributed by atoms with Crippen LogP contribution in [0.1, 0.15) is 239 Å². The SMILES string of the molecule is CCCC/C=C\C/C=C\CCCCCCCC(=O)OCC(CO)OC(=O)CCCCCCCCCCCCCCCC/C=C\C/C=C\C/C=C\CCCCCCC. The van der Waals surface area contributed by atoms with Gasteiger partial charge in [0.25, 0.3) is 0 Å². The summed E-state index contributed by atoms with van der Waals surface area (Å²) in [6, 6.07) is 0. The maximum absolute atomic E-state index is 12.2. The summed E-state index contributed by atoms with van der Waals surface area (Å²) in [5, 5.41) is 9.60. The first-order valence-electron chi connectivity index (χ1n) is 24.3. The summed E-state index contributed by atoms with van der Waals surface area (Å²) in [5.74, 6) is -0.605. The molecule has 0 saturated heterocycles. The van der Waals surface area contributed by atoms with Gasteiger partial charge in [0, 0.05) is 12.8 Å². The van der Waals surface area contributed by atoms with Gasteiger partial charge in [0.1, 0.15) is 6.61 Å². The first kappa shape index (κ1) is 54.6. The number of carbonyl (C=O) groups is 2. The Bertz CT molecular complexity index is 992. The van der Waals surface area contributed by atoms with Gasteiger partial charge < -0.3 is 14.6 Å². The number of unbranched alkanes of at least 4 members (excludes halogenated alkanes) is 26. The van der Waals surface area contributed by atoms with Gasteiger partial charge >= 0.3 is 11.9 Å². The molecule has 5 heteroatoms. The molecule has 330 valence electrons. The molecule has 0 radical (unpaired) electrons. The average Bonchev–Trinajstić information content (AvgIpc) is 3.21. The zero-order chi connectivity index (χ0) is 41.4. The van der Waals surface area contributed by atoms with Gasteiger partial charge in [-0.1, -0.05) is 209 Å². The van der Waals surface area contributed by atoms with E-state index in [2.05, 4.69) is 74.6 Å². The fourth-order valence-corrected chi connectivity index (χ4v) is 6.81. The molecule has 0 bridgehead atoms. The lowest BCUT2D eigenvalue weighted by molar-refractivity contribution is -0.161. The van der Waals surface area contributed by atoms with Crippen LogP contribution < -0.4 is 0 Å². The van der Waals surface area contributed by atoms with E-state index in [1.807, 2.05) is 0 Å². The molecule has 0 aromatic carbocycles. The van der Waals surface area contributed by atoms with Crippen molar-refractivity contribution in [3.63, 3.8) is 0 Å². The van der Waals surface area contributed by atoms with E-state index >= 15 is 0 Å². The maximum Gasteiger partial charge on any atom is 0.306 e. The second-order valence-electron chi connectivity index (χ2n) is 16.2. The summed E-state index contributed by atoms with van der Waals surface area (Å²) in [4.78, 5) is 24.4. The Morgan fingerprint density at radius 1 is 0.404 bits per heavy atom. The predicted octanol–water partition coefficient (Wildman–Crippen LogP) is 15.9. The van der Waals surface area contributed by atoms with E-state index in [9.17, 15) is 14.7 Å². The monoisotopic (exact) mass is 797 g/mol. The zero-order valence-corrected chi connectivity index (χ0v) is 37.6. The fourth-order valence-electron chi connectivity index (χ4n) is 6.81. The third-order valence-corrected chi connectivity index (χ3v) is 10.5. The van der Waals surface area contributed by atoms with Crippen molar-refractivity contribution >= 4 is 11.9 Å². The normalized spacial score (nSPS) is 12.7. The van der Waals surface area contributed by atoms with Crippen molar-refractivity contribution in [2.75, 3.05) is 13.2 Å². The number of ether oxygens (including phenoxy) is 2. The molecule has 5 nitrogen and oxygen atoms in total. The first-order chi connectivity index (χ1) is 28.1. The van der Waals surface area contributed by atoms with Crippen molar-refractivity contribution in [2.45, 2.75) is 245 Å². The molecule has 0 aromatic heterocycles. The lowest BCUT2D eigenvalue weighted by Gasteiger charge is -2.15. The van der Waals surface area contributed by atoms with E-state index in [1.54, 1.807) is 0 Å². The van der Waals surface area contributed by atoms with Crippen molar-refractivity contribution in [1.82, 2.24) is 0 Å². The topological polar surface area (TPSA) is 72.8 Å². The Kier molecular flexibility index (Phi) is 46.0. The Morgan fingerprint density at radius 3 is 1.11 bits per heavy atom. The van der Waals surface area contributed by atoms with Crippen LogP contribution in [0.4, 0.5) is 0 Å². The number of allylic oxidation sites excluding steroid dienone is 10. The number of aliphatic hydroxyl groups excluding tert-OH is 1. The molecular weight excluding hydrogens is 705 g/mol. The molecule has 1 unspecified atom stereocenters. The highest BCUT2D eigenvalue weighted by Gasteiger charge is 2.16. The van der Waals surface area contributed by atoms with Crippen molar-refractivity contribution in [1.29, 1.82) is 0 Å². The molecule has 1 N–H and O–H groups in total. The lowest BCUT2D eigenvalue weighted by Crippen LogP contribution is -2.28. The van der Waals surface area contributed by atoms with Crippen LogP contribution in [0.2, 0.25) is 0 Å². The molecule has 0 rings (SSSR count). The van der Waals surface area contributed by atoms with E-state index in [-0.39, 0.29) is 25.2 Å². The summed E-state index contributed by atoms with van der Waals surface area (Å²) in [7, 11) is 0. The van der Waals surface area contributed by atoms with Crippen LogP contribution in [-0.4, -0.2) is 36.4 Å². The molecule has 0 heterocycles. The Morgan fingerprint density at radius 2 is 0.719 bits per heavy atom. The number of carbonyl (C=O) groups excluding carboxylic acids is 2. The predicted molar refractivity (Wildman–Crippen MR) is 247 cm³/mol. The summed E-state index contributed by atoms with van der Waals surface area (Å²) in [6.07, 6.45) is 63.1. The molecule has 0 spiro atoms. The molecule has 1 atom stereocenters. The van der Waals surface area contributed by atoms with Gasteiger partial charge in [0.2, 0.25) is 0 Å². The molecule has 0 amide bonds. The Hall–Kier alpha value is -2.40. The number of aliphatic hydroxyl groups is 1. The summed E-state index contributed by atoms with van der Waals surface area (Å²) >= 11 is 0. The minimum absolute atomic E-state index is 0.0738. The second-order valence-corrected chi connectivity index (χ2v) is 16.2. The zero-order valence-electron chi connectivity index (χ0n) is 37.6. The third kappa shape index (κ3) is 46.2. The van der Waals surface area contributed by atoms with Crippen LogP contribution in [0, 0.1) is 0 Å². The van der Waals surface area contributed by atoms with Gasteiger partial charge in [-0.15, -0.1) is 0 Å². The van der Waals surface area contributed by atoms with E-state index in [4.69, 9.17) is 9.47 Å². The lowest BCUT2D eigenvalue weighted by atomic mass is 10.0. The number of esters is 2. The Balaban J connectivity index is 3.50. The highest BCUT2D eigenvalue weighted by Crippen LogP contribution is 2.15. The van der Waals surface area contributed by atoms with Gasteiger partial charge in [-0.25, -0.2) is 0 Å². The van der Waals surface area contributed by atoms with E-state index in [0.29, 0.717) is 12.8 Å². The van der Waals surface area contributed by atoms with Crippen molar-refractivity contribution in [2.24, 2.45) is 0 Å². The van der Waals surface area contributed by atoms with Crippen LogP contribution in [0.15, 0.2) is 60.8 Å². The van der Waals surface area contributed by atoms with Crippen LogP contribution in [0.5, 0.6) is 0 Å². The summed E-state index contributed by atoms with van der Waals surface area (Å²) in [6.45, 7) is 4.08. The highest BCUT2D eigenvalue weighted by molar-refractivity contribution is 5.70. The van der Waals surface area contributed by atoms with E-state index < -0.39 is 6.10 Å². The Labute approximate surface area is 353 Å². The smallest absolute Gasteiger partial charge is 0.306 e. The van der Waals surface area contributed by atoms with Crippen LogP contribution >= 0.6 is 0 Å². The van der Waals surface area contributed by atoms with Gasteiger partial charge in [-0.05, 0) is 77.0 Å². The van der Waals surface area contributed by atoms with Crippen LogP contribution in [-0.2, 0) is 19.1 Å². The van der Waals surface area contributed by atoms with E-state index in [1.165, 1.54) is 148 Å². The number of rotatable bonds is 44. The minimum Gasteiger partial charge on any atom is -0.462 e. The quantitative estimate of drug-likeness (QED) is 0.0378.